The van der Waals surface area contributed by atoms with E-state index in [1.807, 2.05) is 0 Å². The molecule has 0 aliphatic heterocycles. The normalized spacial score (nSPS) is 21.6. The molecular weight excluding hydrogens is 238 g/mol. The van der Waals surface area contributed by atoms with E-state index in [1.165, 1.54) is 54.6 Å². The summed E-state index contributed by atoms with van der Waals surface area (Å²) in [6, 6.07) is 8.79. The molecule has 0 spiro atoms. The first-order chi connectivity index (χ1) is 8.81. The zero-order chi connectivity index (χ0) is 12.8. The van der Waals surface area contributed by atoms with E-state index in [0.29, 0.717) is 0 Å². The summed E-state index contributed by atoms with van der Waals surface area (Å²) >= 11 is 1.78. The lowest BCUT2D eigenvalue weighted by molar-refractivity contribution is 0.602. The molecule has 1 aromatic rings. The number of hydrogen-bond donors (Lipinski definition) is 1. The first kappa shape index (κ1) is 13.7. The van der Waals surface area contributed by atoms with Crippen LogP contribution in [0.5, 0.6) is 0 Å². The van der Waals surface area contributed by atoms with Crippen molar-refractivity contribution in [2.24, 2.45) is 5.73 Å². The summed E-state index contributed by atoms with van der Waals surface area (Å²) in [5.41, 5.74) is 9.09. The number of benzene rings is 1. The third kappa shape index (κ3) is 3.63. The minimum atomic E-state index is 0.0963. The molecule has 1 unspecified atom stereocenters. The largest absolute Gasteiger partial charge is 0.321 e. The first-order valence-corrected chi connectivity index (χ1v) is 8.12. The minimum absolute atomic E-state index is 0.0963. The zero-order valence-corrected chi connectivity index (χ0v) is 12.0. The van der Waals surface area contributed by atoms with Gasteiger partial charge in [0.1, 0.15) is 0 Å². The van der Waals surface area contributed by atoms with E-state index in [4.69, 9.17) is 5.73 Å². The molecule has 1 aliphatic carbocycles. The number of nitrogens with two attached hydrogens (primary N) is 1. The highest BCUT2D eigenvalue weighted by atomic mass is 32.2. The van der Waals surface area contributed by atoms with Crippen molar-refractivity contribution in [2.75, 3.05) is 6.26 Å². The Morgan fingerprint density at radius 1 is 1.06 bits per heavy atom. The average Bonchev–Trinajstić information content (AvgIpc) is 2.38. The van der Waals surface area contributed by atoms with Gasteiger partial charge in [0, 0.05) is 4.90 Å². The summed E-state index contributed by atoms with van der Waals surface area (Å²) in [5.74, 6) is 0. The summed E-state index contributed by atoms with van der Waals surface area (Å²) in [6.45, 7) is 0. The van der Waals surface area contributed by atoms with Crippen LogP contribution in [0.2, 0.25) is 0 Å². The van der Waals surface area contributed by atoms with Gasteiger partial charge in [0.15, 0.2) is 0 Å². The zero-order valence-electron chi connectivity index (χ0n) is 11.2. The molecule has 1 aromatic carbocycles. The molecule has 18 heavy (non-hydrogen) atoms. The topological polar surface area (TPSA) is 26.0 Å². The second kappa shape index (κ2) is 7.01. The van der Waals surface area contributed by atoms with Crippen molar-refractivity contribution in [3.8, 4) is 0 Å². The minimum Gasteiger partial charge on any atom is -0.321 e. The molecule has 0 saturated carbocycles. The van der Waals surface area contributed by atoms with Crippen LogP contribution < -0.4 is 5.73 Å². The molecule has 0 fully saturated rings. The smallest absolute Gasteiger partial charge is 0.0510 e. The lowest BCUT2D eigenvalue weighted by Gasteiger charge is -2.19. The van der Waals surface area contributed by atoms with Crippen molar-refractivity contribution < 1.29 is 0 Å². The van der Waals surface area contributed by atoms with Crippen LogP contribution in [0.25, 0.3) is 0 Å². The number of allylic oxidation sites excluding steroid dienone is 1. The highest BCUT2D eigenvalue weighted by Gasteiger charge is 2.12. The predicted molar refractivity (Wildman–Crippen MR) is 80.9 cm³/mol. The van der Waals surface area contributed by atoms with Crippen LogP contribution in [-0.4, -0.2) is 6.26 Å². The number of thioether (sulfide) groups is 1. The average molecular weight is 261 g/mol. The third-order valence-electron chi connectivity index (χ3n) is 3.70. The van der Waals surface area contributed by atoms with Crippen molar-refractivity contribution in [3.63, 3.8) is 0 Å². The van der Waals surface area contributed by atoms with Crippen molar-refractivity contribution in [2.45, 2.75) is 49.5 Å². The predicted octanol–water partition coefficient (Wildman–Crippen LogP) is 4.69. The van der Waals surface area contributed by atoms with Gasteiger partial charge < -0.3 is 5.73 Å². The van der Waals surface area contributed by atoms with Crippen LogP contribution >= 0.6 is 11.8 Å². The maximum Gasteiger partial charge on any atom is 0.0510 e. The Morgan fingerprint density at radius 3 is 2.50 bits per heavy atom. The fraction of sp³-hybridized carbons (Fsp3) is 0.500. The maximum absolute atomic E-state index is 6.41. The highest BCUT2D eigenvalue weighted by molar-refractivity contribution is 7.98. The van der Waals surface area contributed by atoms with Crippen molar-refractivity contribution in [1.29, 1.82) is 0 Å². The lowest BCUT2D eigenvalue weighted by atomic mass is 9.91. The molecule has 1 aliphatic rings. The van der Waals surface area contributed by atoms with Gasteiger partial charge in [0.25, 0.3) is 0 Å². The van der Waals surface area contributed by atoms with Crippen molar-refractivity contribution in [3.05, 3.63) is 41.5 Å². The van der Waals surface area contributed by atoms with Gasteiger partial charge in [-0.2, -0.15) is 0 Å². The van der Waals surface area contributed by atoms with Gasteiger partial charge in [0.05, 0.1) is 6.04 Å². The Morgan fingerprint density at radius 2 is 1.78 bits per heavy atom. The van der Waals surface area contributed by atoms with Gasteiger partial charge in [-0.05, 0) is 49.6 Å². The van der Waals surface area contributed by atoms with Crippen LogP contribution in [0.1, 0.15) is 50.1 Å². The van der Waals surface area contributed by atoms with E-state index < -0.39 is 0 Å². The molecule has 0 radical (unpaired) electrons. The summed E-state index contributed by atoms with van der Waals surface area (Å²) in [6.07, 6.45) is 12.2. The van der Waals surface area contributed by atoms with Gasteiger partial charge in [0.2, 0.25) is 0 Å². The van der Waals surface area contributed by atoms with Gasteiger partial charge in [-0.15, -0.1) is 11.8 Å². The maximum atomic E-state index is 6.41. The van der Waals surface area contributed by atoms with Gasteiger partial charge in [-0.25, -0.2) is 0 Å². The standard InChI is InChI=1S/C16H23NS/c1-18-15-11-9-14(10-12-15)16(17)13-7-5-3-2-4-6-8-13/h7,9-12,16H,2-6,8,17H2,1H3/b13-7+. The molecular formula is C16H23NS. The van der Waals surface area contributed by atoms with Gasteiger partial charge in [-0.1, -0.05) is 36.6 Å². The first-order valence-electron chi connectivity index (χ1n) is 6.89. The molecule has 1 nitrogen and oxygen atoms in total. The Bertz CT molecular complexity index is 394. The molecule has 2 rings (SSSR count). The van der Waals surface area contributed by atoms with Crippen LogP contribution in [-0.2, 0) is 0 Å². The second-order valence-electron chi connectivity index (χ2n) is 4.98. The summed E-state index contributed by atoms with van der Waals surface area (Å²) in [7, 11) is 0. The Balaban J connectivity index is 2.10. The van der Waals surface area contributed by atoms with E-state index in [2.05, 4.69) is 36.6 Å². The number of hydrogen-bond acceptors (Lipinski definition) is 2. The lowest BCUT2D eigenvalue weighted by Crippen LogP contribution is -2.14. The van der Waals surface area contributed by atoms with E-state index in [-0.39, 0.29) is 6.04 Å². The van der Waals surface area contributed by atoms with E-state index in [9.17, 15) is 0 Å². The molecule has 0 aromatic heterocycles. The van der Waals surface area contributed by atoms with Crippen LogP contribution in [0.15, 0.2) is 40.8 Å². The van der Waals surface area contributed by atoms with E-state index in [1.54, 1.807) is 11.8 Å². The molecule has 1 atom stereocenters. The Hall–Kier alpha value is -0.730. The molecule has 0 bridgehead atoms. The Kier molecular flexibility index (Phi) is 5.33. The van der Waals surface area contributed by atoms with Crippen molar-refractivity contribution >= 4 is 11.8 Å². The monoisotopic (exact) mass is 261 g/mol. The third-order valence-corrected chi connectivity index (χ3v) is 4.44. The van der Waals surface area contributed by atoms with Crippen LogP contribution in [0.3, 0.4) is 0 Å². The second-order valence-corrected chi connectivity index (χ2v) is 5.86. The molecule has 0 heterocycles. The fourth-order valence-electron chi connectivity index (χ4n) is 2.52. The van der Waals surface area contributed by atoms with Gasteiger partial charge >= 0.3 is 0 Å². The summed E-state index contributed by atoms with van der Waals surface area (Å²) < 4.78 is 0. The summed E-state index contributed by atoms with van der Waals surface area (Å²) in [4.78, 5) is 1.30. The van der Waals surface area contributed by atoms with Gasteiger partial charge in [-0.3, -0.25) is 0 Å². The molecule has 0 saturated heterocycles. The van der Waals surface area contributed by atoms with Crippen LogP contribution in [0.4, 0.5) is 0 Å². The van der Waals surface area contributed by atoms with E-state index >= 15 is 0 Å². The highest BCUT2D eigenvalue weighted by Crippen LogP contribution is 2.28. The SMILES string of the molecule is CSc1ccc(C(N)/C2=C/CCCCCC2)cc1. The fourth-order valence-corrected chi connectivity index (χ4v) is 2.93. The van der Waals surface area contributed by atoms with E-state index in [0.717, 1.165) is 0 Å². The van der Waals surface area contributed by atoms with Crippen molar-refractivity contribution in [1.82, 2.24) is 0 Å². The Labute approximate surface area is 115 Å². The molecule has 2 heteroatoms. The molecule has 98 valence electrons. The molecule has 0 amide bonds. The summed E-state index contributed by atoms with van der Waals surface area (Å²) in [5, 5.41) is 0. The molecule has 2 N–H and O–H groups in total. The van der Waals surface area contributed by atoms with Crippen LogP contribution in [0, 0.1) is 0 Å². The quantitative estimate of drug-likeness (QED) is 0.631. The number of rotatable bonds is 3.